The zero-order chi connectivity index (χ0) is 13.1. The first-order chi connectivity index (χ1) is 8.69. The van der Waals surface area contributed by atoms with E-state index in [1.807, 2.05) is 4.68 Å². The van der Waals surface area contributed by atoms with Crippen molar-refractivity contribution >= 4 is 0 Å². The fraction of sp³-hybridized carbons (Fsp3) is 0.786. The summed E-state index contributed by atoms with van der Waals surface area (Å²) in [5.41, 5.74) is 2.21. The van der Waals surface area contributed by atoms with E-state index in [0.29, 0.717) is 12.3 Å². The molecule has 0 aliphatic heterocycles. The third-order valence-corrected chi connectivity index (χ3v) is 3.73. The second-order valence-corrected chi connectivity index (χ2v) is 5.11. The standard InChI is InChI=1S/C14H24N2O2/c1-4-11-8-12(16(5-2)15-11)9-13(17)14(18-3)10-6-7-10/h8,10,13-14,17H,4-7,9H2,1-3H3. The first-order valence-corrected chi connectivity index (χ1v) is 6.96. The van der Waals surface area contributed by atoms with Crippen molar-refractivity contribution in [1.82, 2.24) is 9.78 Å². The molecule has 1 N–H and O–H groups in total. The molecule has 1 saturated carbocycles. The second kappa shape index (κ2) is 5.85. The topological polar surface area (TPSA) is 47.3 Å². The lowest BCUT2D eigenvalue weighted by Gasteiger charge is -2.21. The molecule has 18 heavy (non-hydrogen) atoms. The van der Waals surface area contributed by atoms with Crippen LogP contribution in [-0.4, -0.2) is 34.2 Å². The molecule has 0 saturated heterocycles. The van der Waals surface area contributed by atoms with Crippen LogP contribution in [0.2, 0.25) is 0 Å². The van der Waals surface area contributed by atoms with Crippen molar-refractivity contribution in [2.75, 3.05) is 7.11 Å². The number of aryl methyl sites for hydroxylation is 2. The molecular weight excluding hydrogens is 228 g/mol. The fourth-order valence-corrected chi connectivity index (χ4v) is 2.54. The van der Waals surface area contributed by atoms with Crippen LogP contribution < -0.4 is 0 Å². The SMILES string of the molecule is CCc1cc(CC(O)C(OC)C2CC2)n(CC)n1. The van der Waals surface area contributed by atoms with E-state index in [1.165, 1.54) is 12.8 Å². The smallest absolute Gasteiger partial charge is 0.0862 e. The normalized spacial score (nSPS) is 18.9. The van der Waals surface area contributed by atoms with E-state index in [9.17, 15) is 5.11 Å². The summed E-state index contributed by atoms with van der Waals surface area (Å²) < 4.78 is 7.42. The number of hydrogen-bond donors (Lipinski definition) is 1. The highest BCUT2D eigenvalue weighted by Crippen LogP contribution is 2.36. The number of ether oxygens (including phenoxy) is 1. The summed E-state index contributed by atoms with van der Waals surface area (Å²) in [6, 6.07) is 2.10. The highest BCUT2D eigenvalue weighted by molar-refractivity contribution is 5.12. The molecule has 4 heteroatoms. The van der Waals surface area contributed by atoms with E-state index < -0.39 is 6.10 Å². The van der Waals surface area contributed by atoms with Crippen LogP contribution in [-0.2, 0) is 24.1 Å². The third kappa shape index (κ3) is 2.93. The van der Waals surface area contributed by atoms with Crippen LogP contribution in [0.15, 0.2) is 6.07 Å². The van der Waals surface area contributed by atoms with Gasteiger partial charge >= 0.3 is 0 Å². The van der Waals surface area contributed by atoms with E-state index in [0.717, 1.165) is 24.4 Å². The Labute approximate surface area is 109 Å². The summed E-state index contributed by atoms with van der Waals surface area (Å²) in [5.74, 6) is 0.550. The summed E-state index contributed by atoms with van der Waals surface area (Å²) in [7, 11) is 1.70. The Balaban J connectivity index is 2.04. The number of rotatable bonds is 7. The summed E-state index contributed by atoms with van der Waals surface area (Å²) in [4.78, 5) is 0. The summed E-state index contributed by atoms with van der Waals surface area (Å²) in [6.07, 6.45) is 3.50. The van der Waals surface area contributed by atoms with Crippen LogP contribution in [0.3, 0.4) is 0 Å². The lowest BCUT2D eigenvalue weighted by molar-refractivity contribution is -0.0245. The van der Waals surface area contributed by atoms with Crippen molar-refractivity contribution in [3.63, 3.8) is 0 Å². The van der Waals surface area contributed by atoms with Gasteiger partial charge in [-0.2, -0.15) is 5.10 Å². The number of nitrogens with zero attached hydrogens (tertiary/aromatic N) is 2. The Morgan fingerprint density at radius 3 is 2.72 bits per heavy atom. The van der Waals surface area contributed by atoms with Gasteiger partial charge < -0.3 is 9.84 Å². The molecule has 0 amide bonds. The molecule has 1 aliphatic rings. The zero-order valence-corrected chi connectivity index (χ0v) is 11.6. The first kappa shape index (κ1) is 13.6. The minimum Gasteiger partial charge on any atom is -0.390 e. The van der Waals surface area contributed by atoms with Crippen molar-refractivity contribution in [2.24, 2.45) is 5.92 Å². The summed E-state index contributed by atoms with van der Waals surface area (Å²) in [5, 5.41) is 14.8. The Morgan fingerprint density at radius 1 is 1.50 bits per heavy atom. The van der Waals surface area contributed by atoms with Gasteiger partial charge in [0.2, 0.25) is 0 Å². The van der Waals surface area contributed by atoms with Gasteiger partial charge in [0, 0.05) is 25.8 Å². The van der Waals surface area contributed by atoms with Gasteiger partial charge in [-0.25, -0.2) is 0 Å². The van der Waals surface area contributed by atoms with Crippen LogP contribution in [0, 0.1) is 5.92 Å². The molecule has 0 aromatic carbocycles. The average molecular weight is 252 g/mol. The van der Waals surface area contributed by atoms with E-state index in [4.69, 9.17) is 4.74 Å². The van der Waals surface area contributed by atoms with Crippen LogP contribution in [0.25, 0.3) is 0 Å². The van der Waals surface area contributed by atoms with E-state index in [2.05, 4.69) is 25.0 Å². The van der Waals surface area contributed by atoms with Gasteiger partial charge in [0.25, 0.3) is 0 Å². The fourth-order valence-electron chi connectivity index (χ4n) is 2.54. The Hall–Kier alpha value is -0.870. The first-order valence-electron chi connectivity index (χ1n) is 6.96. The molecule has 1 aliphatic carbocycles. The van der Waals surface area contributed by atoms with Gasteiger partial charge in [0.1, 0.15) is 0 Å². The highest BCUT2D eigenvalue weighted by Gasteiger charge is 2.36. The van der Waals surface area contributed by atoms with Crippen LogP contribution in [0.5, 0.6) is 0 Å². The maximum atomic E-state index is 10.3. The van der Waals surface area contributed by atoms with Gasteiger partial charge in [-0.1, -0.05) is 6.92 Å². The quantitative estimate of drug-likeness (QED) is 0.805. The third-order valence-electron chi connectivity index (χ3n) is 3.73. The van der Waals surface area contributed by atoms with Gasteiger partial charge in [-0.15, -0.1) is 0 Å². The molecule has 1 aromatic heterocycles. The van der Waals surface area contributed by atoms with Crippen molar-refractivity contribution in [3.8, 4) is 0 Å². The molecule has 1 aromatic rings. The largest absolute Gasteiger partial charge is 0.390 e. The number of hydrogen-bond acceptors (Lipinski definition) is 3. The minimum absolute atomic E-state index is 0.0183. The zero-order valence-electron chi connectivity index (χ0n) is 11.6. The Bertz CT molecular complexity index is 385. The van der Waals surface area contributed by atoms with Crippen LogP contribution >= 0.6 is 0 Å². The predicted molar refractivity (Wildman–Crippen MR) is 70.5 cm³/mol. The minimum atomic E-state index is -0.422. The second-order valence-electron chi connectivity index (χ2n) is 5.11. The molecule has 2 unspecified atom stereocenters. The molecule has 0 spiro atoms. The van der Waals surface area contributed by atoms with E-state index >= 15 is 0 Å². The van der Waals surface area contributed by atoms with Gasteiger partial charge in [0.05, 0.1) is 17.9 Å². The molecule has 4 nitrogen and oxygen atoms in total. The monoisotopic (exact) mass is 252 g/mol. The number of aliphatic hydroxyl groups excluding tert-OH is 1. The van der Waals surface area contributed by atoms with Gasteiger partial charge in [-0.3, -0.25) is 4.68 Å². The lowest BCUT2D eigenvalue weighted by Crippen LogP contribution is -2.32. The van der Waals surface area contributed by atoms with Crippen LogP contribution in [0.1, 0.15) is 38.1 Å². The molecule has 0 bridgehead atoms. The van der Waals surface area contributed by atoms with Crippen molar-refractivity contribution in [1.29, 1.82) is 0 Å². The van der Waals surface area contributed by atoms with Gasteiger partial charge in [0.15, 0.2) is 0 Å². The predicted octanol–water partition coefficient (Wildman–Crippen LogP) is 1.79. The van der Waals surface area contributed by atoms with E-state index in [-0.39, 0.29) is 6.10 Å². The highest BCUT2D eigenvalue weighted by atomic mass is 16.5. The summed E-state index contributed by atoms with van der Waals surface area (Å²) >= 11 is 0. The maximum absolute atomic E-state index is 10.3. The molecular formula is C14H24N2O2. The molecule has 1 heterocycles. The molecule has 2 atom stereocenters. The van der Waals surface area contributed by atoms with Crippen molar-refractivity contribution < 1.29 is 9.84 Å². The molecule has 102 valence electrons. The average Bonchev–Trinajstić information content (AvgIpc) is 3.11. The van der Waals surface area contributed by atoms with Crippen LogP contribution in [0.4, 0.5) is 0 Å². The Morgan fingerprint density at radius 2 is 2.22 bits per heavy atom. The Kier molecular flexibility index (Phi) is 4.40. The molecule has 2 rings (SSSR count). The molecule has 1 fully saturated rings. The van der Waals surface area contributed by atoms with Gasteiger partial charge in [-0.05, 0) is 38.2 Å². The lowest BCUT2D eigenvalue weighted by atomic mass is 10.0. The van der Waals surface area contributed by atoms with Crippen molar-refractivity contribution in [3.05, 3.63) is 17.5 Å². The summed E-state index contributed by atoms with van der Waals surface area (Å²) in [6.45, 7) is 5.03. The number of methoxy groups -OCH3 is 1. The number of aliphatic hydroxyl groups is 1. The van der Waals surface area contributed by atoms with Crippen molar-refractivity contribution in [2.45, 2.75) is 58.3 Å². The number of aromatic nitrogens is 2. The maximum Gasteiger partial charge on any atom is 0.0862 e. The molecule has 0 radical (unpaired) electrons. The van der Waals surface area contributed by atoms with E-state index in [1.54, 1.807) is 7.11 Å².